The molecule has 1 aliphatic heterocycles. The van der Waals surface area contributed by atoms with Gasteiger partial charge in [-0.15, -0.1) is 0 Å². The second-order valence-electron chi connectivity index (χ2n) is 9.57. The fourth-order valence-electron chi connectivity index (χ4n) is 4.95. The summed E-state index contributed by atoms with van der Waals surface area (Å²) in [5.74, 6) is 2.21. The monoisotopic (exact) mass is 495 g/mol. The Balaban J connectivity index is 1.10. The zero-order valence-corrected chi connectivity index (χ0v) is 21.2. The van der Waals surface area contributed by atoms with Gasteiger partial charge in [-0.2, -0.15) is 0 Å². The number of Topliss-reactive ketones (excluding diaryl/α,β-unsaturated/α-hetero) is 1. The van der Waals surface area contributed by atoms with Crippen molar-refractivity contribution in [1.82, 2.24) is 14.4 Å². The van der Waals surface area contributed by atoms with Crippen LogP contribution in [-0.2, 0) is 6.54 Å². The van der Waals surface area contributed by atoms with Crippen LogP contribution in [0.2, 0.25) is 5.02 Å². The highest BCUT2D eigenvalue weighted by Gasteiger charge is 2.32. The number of ether oxygens (including phenoxy) is 2. The highest BCUT2D eigenvalue weighted by molar-refractivity contribution is 6.30. The second-order valence-corrected chi connectivity index (χ2v) is 10.0. The van der Waals surface area contributed by atoms with Gasteiger partial charge in [-0.1, -0.05) is 23.7 Å². The van der Waals surface area contributed by atoms with E-state index in [0.717, 1.165) is 98.1 Å². The summed E-state index contributed by atoms with van der Waals surface area (Å²) in [6.07, 6.45) is 5.15. The molecule has 0 spiro atoms. The molecule has 2 aliphatic rings. The number of carbonyl (C=O) groups excluding carboxylic acids is 1. The van der Waals surface area contributed by atoms with Gasteiger partial charge in [-0.05, 0) is 56.1 Å². The molecule has 1 saturated heterocycles. The first kappa shape index (κ1) is 24.2. The molecule has 0 unspecified atom stereocenters. The largest absolute Gasteiger partial charge is 0.495 e. The Bertz CT molecular complexity index is 1150. The highest BCUT2D eigenvalue weighted by atomic mass is 35.5. The molecule has 1 saturated carbocycles. The van der Waals surface area contributed by atoms with Crippen LogP contribution in [0.25, 0.3) is 10.9 Å². The molecule has 3 aromatic rings. The Labute approximate surface area is 212 Å². The third kappa shape index (κ3) is 5.83. The molecule has 0 N–H and O–H groups in total. The first-order valence-corrected chi connectivity index (χ1v) is 13.0. The third-order valence-electron chi connectivity index (χ3n) is 7.12. The van der Waals surface area contributed by atoms with Gasteiger partial charge in [-0.25, -0.2) is 0 Å². The molecule has 1 aromatic heterocycles. The predicted octanol–water partition coefficient (Wildman–Crippen LogP) is 4.98. The molecule has 7 heteroatoms. The summed E-state index contributed by atoms with van der Waals surface area (Å²) in [7, 11) is 1.70. The maximum Gasteiger partial charge on any atom is 0.168 e. The zero-order chi connectivity index (χ0) is 24.2. The van der Waals surface area contributed by atoms with Crippen molar-refractivity contribution in [2.24, 2.45) is 5.92 Å². The summed E-state index contributed by atoms with van der Waals surface area (Å²) >= 11 is 5.93. The first-order valence-electron chi connectivity index (χ1n) is 12.7. The molecule has 6 nitrogen and oxygen atoms in total. The molecule has 35 heavy (non-hydrogen) atoms. The number of halogens is 1. The molecule has 0 bridgehead atoms. The molecule has 0 atom stereocenters. The molecule has 2 fully saturated rings. The number of nitrogens with zero attached hydrogens (tertiary/aromatic N) is 3. The van der Waals surface area contributed by atoms with Crippen LogP contribution in [0.4, 0.5) is 0 Å². The summed E-state index contributed by atoms with van der Waals surface area (Å²) in [6.45, 7) is 7.81. The van der Waals surface area contributed by atoms with Crippen molar-refractivity contribution in [3.8, 4) is 11.5 Å². The van der Waals surface area contributed by atoms with Gasteiger partial charge in [0, 0.05) is 67.4 Å². The Morgan fingerprint density at radius 1 is 0.971 bits per heavy atom. The summed E-state index contributed by atoms with van der Waals surface area (Å²) < 4.78 is 13.7. The first-order chi connectivity index (χ1) is 17.1. The Morgan fingerprint density at radius 3 is 2.37 bits per heavy atom. The lowest BCUT2D eigenvalue weighted by atomic mass is 10.1. The lowest BCUT2D eigenvalue weighted by Gasteiger charge is -2.34. The maximum atomic E-state index is 12.9. The molecule has 0 radical (unpaired) electrons. The lowest BCUT2D eigenvalue weighted by Crippen LogP contribution is -2.47. The number of benzene rings is 2. The van der Waals surface area contributed by atoms with Crippen LogP contribution in [0.1, 0.15) is 29.6 Å². The maximum absolute atomic E-state index is 12.9. The van der Waals surface area contributed by atoms with Crippen molar-refractivity contribution >= 4 is 28.3 Å². The van der Waals surface area contributed by atoms with Crippen molar-refractivity contribution in [2.75, 3.05) is 53.0 Å². The van der Waals surface area contributed by atoms with Gasteiger partial charge in [-0.3, -0.25) is 9.69 Å². The minimum absolute atomic E-state index is 0.216. The summed E-state index contributed by atoms with van der Waals surface area (Å²) in [6, 6.07) is 13.6. The van der Waals surface area contributed by atoms with E-state index in [1.54, 1.807) is 7.11 Å². The number of hydrogen-bond donors (Lipinski definition) is 0. The van der Waals surface area contributed by atoms with Gasteiger partial charge in [0.25, 0.3) is 0 Å². The standard InChI is InChI=1S/C28H34ClN3O3/c1-34-26-5-2-4-24-25(28(33)21-6-7-21)20-32(27(24)26)13-3-12-30-14-16-31(17-15-30)18-19-35-23-10-8-22(29)9-11-23/h2,4-5,8-11,20-21H,3,6-7,12-19H2,1H3. The van der Waals surface area contributed by atoms with E-state index in [9.17, 15) is 4.79 Å². The smallest absolute Gasteiger partial charge is 0.168 e. The normalized spacial score (nSPS) is 17.1. The van der Waals surface area contributed by atoms with Gasteiger partial charge < -0.3 is 18.9 Å². The molecule has 186 valence electrons. The third-order valence-corrected chi connectivity index (χ3v) is 7.37. The molecular formula is C28H34ClN3O3. The average molecular weight is 496 g/mol. The number of aryl methyl sites for hydroxylation is 1. The number of fused-ring (bicyclic) bond motifs is 1. The van der Waals surface area contributed by atoms with Crippen molar-refractivity contribution in [3.63, 3.8) is 0 Å². The zero-order valence-electron chi connectivity index (χ0n) is 20.4. The Morgan fingerprint density at radius 2 is 1.69 bits per heavy atom. The van der Waals surface area contributed by atoms with Crippen LogP contribution in [-0.4, -0.2) is 73.1 Å². The average Bonchev–Trinajstić information content (AvgIpc) is 3.67. The summed E-state index contributed by atoms with van der Waals surface area (Å²) in [5, 5.41) is 1.75. The fourth-order valence-corrected chi connectivity index (χ4v) is 5.08. The van der Waals surface area contributed by atoms with Crippen LogP contribution in [0.5, 0.6) is 11.5 Å². The van der Waals surface area contributed by atoms with E-state index in [2.05, 4.69) is 26.6 Å². The SMILES string of the molecule is COc1cccc2c(C(=O)C3CC3)cn(CCCN3CCN(CCOc4ccc(Cl)cc4)CC3)c12. The van der Waals surface area contributed by atoms with Gasteiger partial charge in [0.05, 0.1) is 12.6 Å². The van der Waals surface area contributed by atoms with E-state index in [1.165, 1.54) is 0 Å². The molecule has 2 aromatic carbocycles. The van der Waals surface area contributed by atoms with Crippen LogP contribution in [0, 0.1) is 5.92 Å². The fraction of sp³-hybridized carbons (Fsp3) is 0.464. The van der Waals surface area contributed by atoms with E-state index in [4.69, 9.17) is 21.1 Å². The van der Waals surface area contributed by atoms with E-state index in [-0.39, 0.29) is 11.7 Å². The molecule has 5 rings (SSSR count). The Hall–Kier alpha value is -2.54. The number of para-hydroxylation sites is 1. The van der Waals surface area contributed by atoms with Gasteiger partial charge in [0.1, 0.15) is 18.1 Å². The van der Waals surface area contributed by atoms with Crippen molar-refractivity contribution < 1.29 is 14.3 Å². The number of aromatic nitrogens is 1. The van der Waals surface area contributed by atoms with Crippen LogP contribution in [0.3, 0.4) is 0 Å². The molecule has 2 heterocycles. The minimum Gasteiger partial charge on any atom is -0.495 e. The van der Waals surface area contributed by atoms with Crippen LogP contribution in [0.15, 0.2) is 48.7 Å². The number of piperazine rings is 1. The number of methoxy groups -OCH3 is 1. The second kappa shape index (κ2) is 11.0. The molecule has 0 amide bonds. The van der Waals surface area contributed by atoms with Crippen molar-refractivity contribution in [3.05, 3.63) is 59.2 Å². The van der Waals surface area contributed by atoms with Gasteiger partial charge >= 0.3 is 0 Å². The quantitative estimate of drug-likeness (QED) is 0.351. The van der Waals surface area contributed by atoms with E-state index in [1.807, 2.05) is 36.4 Å². The minimum atomic E-state index is 0.216. The number of carbonyl (C=O) groups is 1. The lowest BCUT2D eigenvalue weighted by molar-refractivity contribution is 0.0969. The van der Waals surface area contributed by atoms with Gasteiger partial charge in [0.15, 0.2) is 5.78 Å². The number of hydrogen-bond acceptors (Lipinski definition) is 5. The van der Waals surface area contributed by atoms with Crippen LogP contribution >= 0.6 is 11.6 Å². The van der Waals surface area contributed by atoms with Crippen LogP contribution < -0.4 is 9.47 Å². The highest BCUT2D eigenvalue weighted by Crippen LogP contribution is 2.37. The van der Waals surface area contributed by atoms with E-state index in [0.29, 0.717) is 6.61 Å². The van der Waals surface area contributed by atoms with Gasteiger partial charge in [0.2, 0.25) is 0 Å². The summed E-state index contributed by atoms with van der Waals surface area (Å²) in [5.41, 5.74) is 1.90. The predicted molar refractivity (Wildman–Crippen MR) is 140 cm³/mol. The summed E-state index contributed by atoms with van der Waals surface area (Å²) in [4.78, 5) is 17.9. The molecule has 1 aliphatic carbocycles. The number of rotatable bonds is 11. The topological polar surface area (TPSA) is 46.9 Å². The molecular weight excluding hydrogens is 462 g/mol. The number of ketones is 1. The Kier molecular flexibility index (Phi) is 7.61. The van der Waals surface area contributed by atoms with E-state index >= 15 is 0 Å². The van der Waals surface area contributed by atoms with E-state index < -0.39 is 0 Å². The van der Waals surface area contributed by atoms with Crippen molar-refractivity contribution in [1.29, 1.82) is 0 Å². The van der Waals surface area contributed by atoms with Crippen molar-refractivity contribution in [2.45, 2.75) is 25.8 Å².